The van der Waals surface area contributed by atoms with Crippen molar-refractivity contribution in [2.45, 2.75) is 35.4 Å². The Morgan fingerprint density at radius 3 is 2.43 bits per heavy atom. The highest BCUT2D eigenvalue weighted by Crippen LogP contribution is 2.49. The molecule has 0 aliphatic carbocycles. The molecule has 2 aliphatic rings. The van der Waals surface area contributed by atoms with Crippen molar-refractivity contribution in [1.29, 1.82) is 0 Å². The third-order valence-electron chi connectivity index (χ3n) is 6.22. The highest BCUT2D eigenvalue weighted by molar-refractivity contribution is 7.99. The number of fused-ring (bicyclic) bond motifs is 2. The van der Waals surface area contributed by atoms with Gasteiger partial charge in [0.1, 0.15) is 0 Å². The number of hydrogen-bond acceptors (Lipinski definition) is 6. The second-order valence-electron chi connectivity index (χ2n) is 8.94. The van der Waals surface area contributed by atoms with E-state index in [9.17, 15) is 23.1 Å². The van der Waals surface area contributed by atoms with Gasteiger partial charge in [0.15, 0.2) is 0 Å². The molecule has 0 radical (unpaired) electrons. The monoisotopic (exact) mass is 508 g/mol. The minimum absolute atomic E-state index is 0.0267. The van der Waals surface area contributed by atoms with E-state index in [0.717, 1.165) is 54.1 Å². The Morgan fingerprint density at radius 1 is 1.03 bits per heavy atom. The number of nitrogens with one attached hydrogen (secondary N) is 1. The number of hydrogen-bond donors (Lipinski definition) is 2. The van der Waals surface area contributed by atoms with E-state index >= 15 is 0 Å². The molecule has 1 fully saturated rings. The van der Waals surface area contributed by atoms with Gasteiger partial charge in [-0.1, -0.05) is 30.8 Å². The maximum atomic E-state index is 13.4. The fraction of sp³-hybridized carbons (Fsp3) is 0.480. The minimum Gasteiger partial charge on any atom is -0.390 e. The van der Waals surface area contributed by atoms with Crippen molar-refractivity contribution in [2.75, 3.05) is 57.3 Å². The van der Waals surface area contributed by atoms with E-state index in [4.69, 9.17) is 0 Å². The number of aliphatic hydroxyl groups is 1. The van der Waals surface area contributed by atoms with Crippen LogP contribution in [0.25, 0.3) is 0 Å². The van der Waals surface area contributed by atoms with E-state index in [-0.39, 0.29) is 12.5 Å². The van der Waals surface area contributed by atoms with Gasteiger partial charge in [0.05, 0.1) is 36.1 Å². The van der Waals surface area contributed by atoms with Crippen molar-refractivity contribution in [2.24, 2.45) is 0 Å². The van der Waals surface area contributed by atoms with Crippen molar-refractivity contribution in [3.63, 3.8) is 0 Å². The van der Waals surface area contributed by atoms with Crippen molar-refractivity contribution in [3.05, 3.63) is 48.0 Å². The Balaban J connectivity index is 1.41. The quantitative estimate of drug-likeness (QED) is 0.566. The van der Waals surface area contributed by atoms with Crippen LogP contribution in [0.3, 0.4) is 0 Å². The molecular weight excluding hydrogens is 477 g/mol. The number of carbonyl (C=O) groups is 1. The van der Waals surface area contributed by atoms with E-state index < -0.39 is 17.8 Å². The van der Waals surface area contributed by atoms with Crippen LogP contribution in [0.2, 0.25) is 0 Å². The number of anilines is 2. The molecule has 2 aliphatic heterocycles. The summed E-state index contributed by atoms with van der Waals surface area (Å²) in [5.41, 5.74) is 0.562. The minimum atomic E-state index is -4.44. The number of benzene rings is 2. The number of halogens is 3. The van der Waals surface area contributed by atoms with Gasteiger partial charge in [-0.25, -0.2) is 0 Å². The van der Waals surface area contributed by atoms with Crippen LogP contribution < -0.4 is 10.2 Å². The van der Waals surface area contributed by atoms with Gasteiger partial charge < -0.3 is 15.3 Å². The lowest BCUT2D eigenvalue weighted by molar-refractivity contribution is -0.137. The van der Waals surface area contributed by atoms with E-state index in [1.54, 1.807) is 4.90 Å². The summed E-state index contributed by atoms with van der Waals surface area (Å²) in [7, 11) is 0. The van der Waals surface area contributed by atoms with Crippen molar-refractivity contribution in [3.8, 4) is 0 Å². The number of carbonyl (C=O) groups excluding carboxylic acids is 1. The van der Waals surface area contributed by atoms with Crippen LogP contribution in [0.5, 0.6) is 0 Å². The lowest BCUT2D eigenvalue weighted by Crippen LogP contribution is -2.51. The summed E-state index contributed by atoms with van der Waals surface area (Å²) in [5, 5.41) is 13.8. The van der Waals surface area contributed by atoms with Crippen LogP contribution in [0.4, 0.5) is 24.5 Å². The van der Waals surface area contributed by atoms with Crippen LogP contribution in [0, 0.1) is 0 Å². The van der Waals surface area contributed by atoms with Crippen LogP contribution >= 0.6 is 11.8 Å². The Kier molecular flexibility index (Phi) is 8.26. The topological polar surface area (TPSA) is 59.1 Å². The van der Waals surface area contributed by atoms with Crippen LogP contribution in [-0.2, 0) is 11.0 Å². The van der Waals surface area contributed by atoms with E-state index in [2.05, 4.69) is 15.1 Å². The van der Waals surface area contributed by atoms with Gasteiger partial charge in [0, 0.05) is 49.1 Å². The molecule has 2 aromatic carbocycles. The summed E-state index contributed by atoms with van der Waals surface area (Å²) in [4.78, 5) is 19.7. The maximum absolute atomic E-state index is 13.4. The highest BCUT2D eigenvalue weighted by Gasteiger charge is 2.34. The fourth-order valence-electron chi connectivity index (χ4n) is 4.42. The van der Waals surface area contributed by atoms with E-state index in [1.165, 1.54) is 23.9 Å². The third kappa shape index (κ3) is 6.49. The Hall–Kier alpha value is -2.27. The molecule has 190 valence electrons. The van der Waals surface area contributed by atoms with Gasteiger partial charge in [0.2, 0.25) is 5.91 Å². The molecule has 35 heavy (non-hydrogen) atoms. The summed E-state index contributed by atoms with van der Waals surface area (Å²) >= 11 is 1.44. The molecule has 0 aromatic heterocycles. The molecule has 1 unspecified atom stereocenters. The van der Waals surface area contributed by atoms with Gasteiger partial charge >= 0.3 is 6.18 Å². The first-order valence-electron chi connectivity index (χ1n) is 11.9. The highest BCUT2D eigenvalue weighted by atomic mass is 32.2. The molecule has 2 N–H and O–H groups in total. The molecule has 2 heterocycles. The normalized spacial score (nSPS) is 17.6. The second kappa shape index (κ2) is 11.2. The van der Waals surface area contributed by atoms with E-state index in [0.29, 0.717) is 25.3 Å². The lowest BCUT2D eigenvalue weighted by Gasteiger charge is -2.38. The molecular formula is C25H31F3N4O2S. The van der Waals surface area contributed by atoms with Crippen molar-refractivity contribution in [1.82, 2.24) is 15.1 Å². The standard InChI is InChI=1S/C25H31F3N4O2S/c1-2-9-29-24(34)17-31-12-10-30(11-13-31)15-19(33)16-32-20-5-3-4-6-22(20)35-23-8-7-18(14-21(23)32)25(26,27)28/h3-8,14,19,33H,2,9-13,15-17H2,1H3,(H,29,34). The zero-order valence-electron chi connectivity index (χ0n) is 19.7. The van der Waals surface area contributed by atoms with Gasteiger partial charge in [-0.2, -0.15) is 13.2 Å². The average Bonchev–Trinajstić information content (AvgIpc) is 2.83. The summed E-state index contributed by atoms with van der Waals surface area (Å²) in [6.07, 6.45) is -4.29. The lowest BCUT2D eigenvalue weighted by atomic mass is 10.1. The maximum Gasteiger partial charge on any atom is 0.416 e. The number of alkyl halides is 3. The largest absolute Gasteiger partial charge is 0.416 e. The molecule has 1 atom stereocenters. The predicted molar refractivity (Wildman–Crippen MR) is 131 cm³/mol. The number of nitrogens with zero attached hydrogens (tertiary/aromatic N) is 3. The Labute approximate surface area is 208 Å². The van der Waals surface area contributed by atoms with Gasteiger partial charge in [-0.15, -0.1) is 0 Å². The predicted octanol–water partition coefficient (Wildman–Crippen LogP) is 3.81. The van der Waals surface area contributed by atoms with E-state index in [1.807, 2.05) is 31.2 Å². The average molecular weight is 509 g/mol. The summed E-state index contributed by atoms with van der Waals surface area (Å²) in [5.74, 6) is 0.0267. The van der Waals surface area contributed by atoms with Crippen LogP contribution in [0.15, 0.2) is 52.3 Å². The van der Waals surface area contributed by atoms with Crippen molar-refractivity contribution >= 4 is 29.0 Å². The SMILES string of the molecule is CCCNC(=O)CN1CCN(CC(O)CN2c3ccccc3Sc3ccc(C(F)(F)F)cc32)CC1. The molecule has 0 spiro atoms. The molecule has 2 aromatic rings. The second-order valence-corrected chi connectivity index (χ2v) is 10.0. The molecule has 6 nitrogen and oxygen atoms in total. The third-order valence-corrected chi connectivity index (χ3v) is 7.35. The van der Waals surface area contributed by atoms with Crippen molar-refractivity contribution < 1.29 is 23.1 Å². The first-order chi connectivity index (χ1) is 16.7. The van der Waals surface area contributed by atoms with Crippen LogP contribution in [0.1, 0.15) is 18.9 Å². The fourth-order valence-corrected chi connectivity index (χ4v) is 5.50. The van der Waals surface area contributed by atoms with Crippen LogP contribution in [-0.4, -0.2) is 79.3 Å². The van der Waals surface area contributed by atoms with Gasteiger partial charge in [-0.05, 0) is 36.8 Å². The molecule has 0 bridgehead atoms. The molecule has 1 saturated heterocycles. The summed E-state index contributed by atoms with van der Waals surface area (Å²) in [6, 6.07) is 11.4. The summed E-state index contributed by atoms with van der Waals surface area (Å²) in [6.45, 7) is 6.56. The zero-order valence-corrected chi connectivity index (χ0v) is 20.5. The summed E-state index contributed by atoms with van der Waals surface area (Å²) < 4.78 is 40.2. The van der Waals surface area contributed by atoms with Gasteiger partial charge in [-0.3, -0.25) is 14.6 Å². The number of piperazine rings is 1. The molecule has 0 saturated carbocycles. The number of β-amino-alcohol motifs (C(OH)–C–C–N with tert-alkyl or cyclic N) is 1. The Morgan fingerprint density at radius 2 is 1.71 bits per heavy atom. The molecule has 4 rings (SSSR count). The first-order valence-corrected chi connectivity index (χ1v) is 12.7. The van der Waals surface area contributed by atoms with Gasteiger partial charge in [0.25, 0.3) is 0 Å². The number of para-hydroxylation sites is 1. The molecule has 10 heteroatoms. The Bertz CT molecular complexity index is 1030. The number of amides is 1. The molecule has 1 amide bonds. The number of aliphatic hydroxyl groups excluding tert-OH is 1. The number of rotatable bonds is 8. The first kappa shape index (κ1) is 25.8. The zero-order chi connectivity index (χ0) is 25.0. The smallest absolute Gasteiger partial charge is 0.390 e.